The van der Waals surface area contributed by atoms with E-state index < -0.39 is 125 Å². The van der Waals surface area contributed by atoms with Crippen LogP contribution in [0.1, 0.15) is 44.8 Å². The van der Waals surface area contributed by atoms with Crippen molar-refractivity contribution in [3.8, 4) is 0 Å². The predicted molar refractivity (Wildman–Crippen MR) is 173 cm³/mol. The molecule has 23 nitrogen and oxygen atoms in total. The second-order valence-corrected chi connectivity index (χ2v) is 13.9. The molecule has 2 amide bonds. The highest BCUT2D eigenvalue weighted by atomic mass is 31.2. The number of rotatable bonds is 14. The van der Waals surface area contributed by atoms with Crippen molar-refractivity contribution in [1.82, 2.24) is 20.2 Å². The third-order valence-corrected chi connectivity index (χ3v) is 9.66. The molecule has 0 radical (unpaired) electrons. The summed E-state index contributed by atoms with van der Waals surface area (Å²) >= 11 is 0. The number of amides is 2. The molecule has 10 unspecified atom stereocenters. The molecule has 53 heavy (non-hydrogen) atoms. The first-order valence-corrected chi connectivity index (χ1v) is 18.0. The van der Waals surface area contributed by atoms with Crippen LogP contribution in [0, 0.1) is 0 Å². The van der Waals surface area contributed by atoms with E-state index in [1.54, 1.807) is 0 Å². The molecule has 0 spiro atoms. The second-order valence-electron chi connectivity index (χ2n) is 12.6. The van der Waals surface area contributed by atoms with Crippen molar-refractivity contribution < 1.29 is 82.8 Å². The van der Waals surface area contributed by atoms with E-state index in [0.717, 1.165) is 23.6 Å². The van der Waals surface area contributed by atoms with Crippen LogP contribution in [0.3, 0.4) is 0 Å². The number of phosphoric ester groups is 1. The molecule has 2 saturated heterocycles. The average molecular weight is 782 g/mol. The molecule has 2 fully saturated rings. The van der Waals surface area contributed by atoms with Crippen molar-refractivity contribution in [2.24, 2.45) is 0 Å². The van der Waals surface area contributed by atoms with Gasteiger partial charge in [0.1, 0.15) is 55.1 Å². The number of phosphoric acid groups is 1. The van der Waals surface area contributed by atoms with Crippen LogP contribution in [0.2, 0.25) is 0 Å². The Morgan fingerprint density at radius 2 is 1.87 bits per heavy atom. The summed E-state index contributed by atoms with van der Waals surface area (Å²) in [5.74, 6) is -6.62. The number of hydrogen-bond donors (Lipinski definition) is 11. The van der Waals surface area contributed by atoms with Gasteiger partial charge in [0.25, 0.3) is 5.79 Å². The monoisotopic (exact) mass is 781 g/mol. The maximum Gasteiger partial charge on any atom is 0.475 e. The Bertz CT molecular complexity index is 1580. The van der Waals surface area contributed by atoms with Crippen molar-refractivity contribution in [1.29, 1.82) is 0 Å². The van der Waals surface area contributed by atoms with Crippen LogP contribution in [-0.4, -0.2) is 149 Å². The van der Waals surface area contributed by atoms with E-state index in [1.165, 1.54) is 6.07 Å². The van der Waals surface area contributed by atoms with Crippen LogP contribution in [0.5, 0.6) is 0 Å². The number of nitrogens with zero attached hydrogens (tertiary/aromatic N) is 2. The maximum atomic E-state index is 13.1. The molecule has 1 aromatic heterocycles. The van der Waals surface area contributed by atoms with E-state index in [9.17, 15) is 64.4 Å². The van der Waals surface area contributed by atoms with Crippen LogP contribution >= 0.6 is 7.82 Å². The Morgan fingerprint density at radius 1 is 1.15 bits per heavy atom. The lowest BCUT2D eigenvalue weighted by Crippen LogP contribution is -2.68. The minimum Gasteiger partial charge on any atom is -0.477 e. The van der Waals surface area contributed by atoms with Gasteiger partial charge in [0.15, 0.2) is 6.23 Å². The van der Waals surface area contributed by atoms with Gasteiger partial charge in [-0.2, -0.15) is 4.98 Å². The number of carbonyl (C=O) groups is 3. The number of aromatic nitrogens is 2. The van der Waals surface area contributed by atoms with Gasteiger partial charge in [-0.1, -0.05) is 12.2 Å². The summed E-state index contributed by atoms with van der Waals surface area (Å²) in [6.07, 6.45) is -9.28. The molecule has 12 atom stereocenters. The topological polar surface area (TPSA) is 361 Å². The fraction of sp³-hybridized carbons (Fsp3) is 0.690. The molecule has 1 aromatic rings. The number of anilines is 1. The standard InChI is InChI=1S/C29H44N5O18P/c30-18-8-9-34(27(44)32-18)25-23(41)22(40)17(50-25)13-48-53(46,47)52-29(26(42)43)10-15(36)20(24(51-29)21(39)16(37)12-35)33-19(38)11-31-28(45)49-14-6-4-2-1-3-5-7-14/h1-2,8-9,14-17,20-25,35-37,39-41H,3-7,10-13H2,(H,31,45)(H,33,38)(H,42,43)(H,46,47)(H2,30,32,44)/b2-1+/t14?,15?,16-,17?,20?,21-,22?,23?,24?,25?,29?/m1/s1. The number of hydrogen-bond acceptors (Lipinski definition) is 18. The summed E-state index contributed by atoms with van der Waals surface area (Å²) in [6, 6.07) is -0.575. The maximum absolute atomic E-state index is 13.1. The number of carbonyl (C=O) groups excluding carboxylic acids is 2. The van der Waals surface area contributed by atoms with Crippen LogP contribution in [0.4, 0.5) is 10.6 Å². The summed E-state index contributed by atoms with van der Waals surface area (Å²) in [7, 11) is -5.62. The zero-order valence-electron chi connectivity index (χ0n) is 28.0. The van der Waals surface area contributed by atoms with Gasteiger partial charge >= 0.3 is 25.6 Å². The first-order chi connectivity index (χ1) is 25.0. The third-order valence-electron chi connectivity index (χ3n) is 8.66. The molecule has 12 N–H and O–H groups in total. The minimum atomic E-state index is -5.62. The Hall–Kier alpha value is -3.58. The van der Waals surface area contributed by atoms with Crippen LogP contribution in [-0.2, 0) is 37.4 Å². The number of ether oxygens (including phenoxy) is 3. The number of aliphatic hydroxyl groups is 6. The Balaban J connectivity index is 1.42. The number of allylic oxidation sites excluding steroid dienone is 2. The molecule has 1 aliphatic carbocycles. The number of nitrogen functional groups attached to an aromatic ring is 1. The largest absolute Gasteiger partial charge is 0.477 e. The highest BCUT2D eigenvalue weighted by Gasteiger charge is 2.59. The number of aliphatic hydroxyl groups excluding tert-OH is 6. The smallest absolute Gasteiger partial charge is 0.475 e. The molecule has 0 bridgehead atoms. The number of carboxylic acids is 1. The van der Waals surface area contributed by atoms with Gasteiger partial charge in [-0.25, -0.2) is 23.5 Å². The fourth-order valence-corrected chi connectivity index (χ4v) is 6.86. The Labute approximate surface area is 300 Å². The average Bonchev–Trinajstić information content (AvgIpc) is 3.36. The molecule has 24 heteroatoms. The van der Waals surface area contributed by atoms with E-state index in [0.29, 0.717) is 19.3 Å². The van der Waals surface area contributed by atoms with E-state index in [2.05, 4.69) is 15.6 Å². The van der Waals surface area contributed by atoms with Gasteiger partial charge in [-0.3, -0.25) is 13.9 Å². The van der Waals surface area contributed by atoms with Crippen LogP contribution in [0.15, 0.2) is 29.2 Å². The molecule has 298 valence electrons. The third kappa shape index (κ3) is 10.8. The van der Waals surface area contributed by atoms with Gasteiger partial charge in [-0.05, 0) is 38.2 Å². The lowest BCUT2D eigenvalue weighted by molar-refractivity contribution is -0.289. The fourth-order valence-electron chi connectivity index (χ4n) is 5.91. The molecular weight excluding hydrogens is 737 g/mol. The molecule has 3 heterocycles. The Morgan fingerprint density at radius 3 is 2.55 bits per heavy atom. The Kier molecular flexibility index (Phi) is 14.5. The summed E-state index contributed by atoms with van der Waals surface area (Å²) in [6.45, 7) is -2.91. The van der Waals surface area contributed by atoms with E-state index in [1.807, 2.05) is 12.2 Å². The van der Waals surface area contributed by atoms with Crippen LogP contribution in [0.25, 0.3) is 0 Å². The second kappa shape index (κ2) is 18.2. The molecule has 4 rings (SSSR count). The summed E-state index contributed by atoms with van der Waals surface area (Å²) in [5.41, 5.74) is 4.48. The first-order valence-electron chi connectivity index (χ1n) is 16.5. The molecule has 3 aliphatic rings. The summed E-state index contributed by atoms with van der Waals surface area (Å²) < 4.78 is 39.7. The van der Waals surface area contributed by atoms with Crippen molar-refractivity contribution >= 4 is 31.6 Å². The lowest BCUT2D eigenvalue weighted by atomic mass is 9.88. The number of aliphatic carboxylic acids is 1. The quantitative estimate of drug-likeness (QED) is 0.0639. The minimum absolute atomic E-state index is 0.151. The van der Waals surface area contributed by atoms with Gasteiger partial charge < -0.3 is 71.2 Å². The molecule has 0 aromatic carbocycles. The zero-order chi connectivity index (χ0) is 39.1. The normalized spacial score (nSPS) is 33.3. The lowest BCUT2D eigenvalue weighted by Gasteiger charge is -2.46. The molecule has 2 aliphatic heterocycles. The number of alkyl carbamates (subject to hydrolysis) is 1. The first kappa shape index (κ1) is 42.2. The highest BCUT2D eigenvalue weighted by Crippen LogP contribution is 2.51. The van der Waals surface area contributed by atoms with Gasteiger partial charge in [0.2, 0.25) is 5.91 Å². The van der Waals surface area contributed by atoms with Crippen LogP contribution < -0.4 is 22.1 Å². The summed E-state index contributed by atoms with van der Waals surface area (Å²) in [4.78, 5) is 63.8. The van der Waals surface area contributed by atoms with Crippen molar-refractivity contribution in [2.45, 2.75) is 105 Å². The summed E-state index contributed by atoms with van der Waals surface area (Å²) in [5, 5.41) is 76.8. The van der Waals surface area contributed by atoms with Crippen molar-refractivity contribution in [3.63, 3.8) is 0 Å². The van der Waals surface area contributed by atoms with E-state index in [4.69, 9.17) is 29.0 Å². The zero-order valence-corrected chi connectivity index (χ0v) is 28.9. The molecule has 0 saturated carbocycles. The van der Waals surface area contributed by atoms with Gasteiger partial charge in [-0.15, -0.1) is 0 Å². The number of nitrogens with two attached hydrogens (primary N) is 1. The van der Waals surface area contributed by atoms with Gasteiger partial charge in [0, 0.05) is 12.6 Å². The van der Waals surface area contributed by atoms with Crippen molar-refractivity contribution in [2.75, 3.05) is 25.5 Å². The number of nitrogens with one attached hydrogen (secondary N) is 2. The highest BCUT2D eigenvalue weighted by molar-refractivity contribution is 7.47. The van der Waals surface area contributed by atoms with Crippen molar-refractivity contribution in [3.05, 3.63) is 34.9 Å². The SMILES string of the molecule is Nc1ccn(C2OC(COP(=O)(O)OC3(C(=O)O)CC(O)C(NC(=O)CNC(=O)OC4CC/C=C/CCC4)C([C@H](O)[C@H](O)CO)O3)C(O)C2O)c(=O)n1. The molecular formula is C29H44N5O18P. The van der Waals surface area contributed by atoms with E-state index >= 15 is 0 Å². The van der Waals surface area contributed by atoms with E-state index in [-0.39, 0.29) is 5.82 Å². The van der Waals surface area contributed by atoms with Gasteiger partial charge in [0.05, 0.1) is 25.4 Å². The predicted octanol–water partition coefficient (Wildman–Crippen LogP) is -3.68. The number of carboxylic acid groups (broad SMARTS) is 1.